The molecule has 0 aliphatic carbocycles. The minimum atomic E-state index is 0.791. The Hall–Kier alpha value is -8.60. The Kier molecular flexibility index (Phi) is 8.18. The summed E-state index contributed by atoms with van der Waals surface area (Å²) in [5.74, 6) is 0.791. The molecule has 3 heterocycles. The number of para-hydroxylation sites is 2. The van der Waals surface area contributed by atoms with Crippen molar-refractivity contribution >= 4 is 65.4 Å². The molecule has 4 nitrogen and oxygen atoms in total. The van der Waals surface area contributed by atoms with Gasteiger partial charge in [-0.15, -0.1) is 0 Å². The first-order chi connectivity index (χ1) is 31.7. The third-order valence-electron chi connectivity index (χ3n) is 12.9. The molecule has 0 bridgehead atoms. The van der Waals surface area contributed by atoms with Gasteiger partial charge >= 0.3 is 0 Å². The van der Waals surface area contributed by atoms with Crippen LogP contribution >= 0.6 is 0 Å². The van der Waals surface area contributed by atoms with Crippen LogP contribution in [0.4, 0.5) is 0 Å². The van der Waals surface area contributed by atoms with Gasteiger partial charge in [-0.3, -0.25) is 4.57 Å². The minimum Gasteiger partial charge on any atom is -0.309 e. The van der Waals surface area contributed by atoms with Gasteiger partial charge in [-0.1, -0.05) is 176 Å². The Morgan fingerprint density at radius 3 is 1.52 bits per heavy atom. The highest BCUT2D eigenvalue weighted by Gasteiger charge is 2.22. The molecule has 0 radical (unpaired) electrons. The van der Waals surface area contributed by atoms with Crippen molar-refractivity contribution < 1.29 is 0 Å². The van der Waals surface area contributed by atoms with E-state index in [0.29, 0.717) is 0 Å². The van der Waals surface area contributed by atoms with Crippen LogP contribution in [0, 0.1) is 0 Å². The van der Waals surface area contributed by atoms with Gasteiger partial charge in [-0.05, 0) is 98.8 Å². The normalized spacial score (nSPS) is 11.8. The van der Waals surface area contributed by atoms with Gasteiger partial charge in [0.1, 0.15) is 5.69 Å². The topological polar surface area (TPSA) is 35.6 Å². The fraction of sp³-hybridized carbons (Fsp3) is 0. The quantitative estimate of drug-likeness (QED) is 0.168. The van der Waals surface area contributed by atoms with Crippen molar-refractivity contribution in [2.75, 3.05) is 0 Å². The highest BCUT2D eigenvalue weighted by atomic mass is 15.1. The maximum atomic E-state index is 5.73. The largest absolute Gasteiger partial charge is 0.309 e. The predicted octanol–water partition coefficient (Wildman–Crippen LogP) is 15.6. The molecule has 13 rings (SSSR count). The molecule has 13 aromatic rings. The molecule has 0 saturated heterocycles. The molecule has 0 N–H and O–H groups in total. The average molecular weight is 815 g/mol. The van der Waals surface area contributed by atoms with Gasteiger partial charge in [-0.2, -0.15) is 0 Å². The Labute approximate surface area is 369 Å². The van der Waals surface area contributed by atoms with Gasteiger partial charge < -0.3 is 4.57 Å². The summed E-state index contributed by atoms with van der Waals surface area (Å²) in [6, 6.07) is 82.7. The fourth-order valence-corrected chi connectivity index (χ4v) is 9.87. The van der Waals surface area contributed by atoms with Crippen LogP contribution in [0.3, 0.4) is 0 Å². The van der Waals surface area contributed by atoms with E-state index in [2.05, 4.69) is 240 Å². The summed E-state index contributed by atoms with van der Waals surface area (Å²) >= 11 is 0. The van der Waals surface area contributed by atoms with E-state index in [-0.39, 0.29) is 0 Å². The van der Waals surface area contributed by atoms with Gasteiger partial charge in [-0.25, -0.2) is 9.97 Å². The molecule has 0 atom stereocenters. The standard InChI is InChI=1S/C60H38N4/c1-5-17-39(18-6-1)44-29-31-49-52-33-42-23-13-14-24-43(42)34-58(52)64(57(49)35-44)60-59(41-21-9-3-10-22-41)61-53-38-51(50(37-54(53)62-60)40-19-7-2-8-20-40)45-30-32-48-47-27-15-16-28-55(47)63(56(48)36-45)46-25-11-4-12-26-46/h1-38H. The second-order valence-electron chi connectivity index (χ2n) is 16.6. The van der Waals surface area contributed by atoms with Crippen molar-refractivity contribution in [1.82, 2.24) is 19.1 Å². The molecule has 0 unspecified atom stereocenters. The maximum Gasteiger partial charge on any atom is 0.165 e. The van der Waals surface area contributed by atoms with Gasteiger partial charge in [0.15, 0.2) is 5.82 Å². The third kappa shape index (κ3) is 5.77. The molecular formula is C60H38N4. The molecule has 0 fully saturated rings. The first-order valence-electron chi connectivity index (χ1n) is 21.8. The van der Waals surface area contributed by atoms with E-state index < -0.39 is 0 Å². The van der Waals surface area contributed by atoms with Crippen LogP contribution < -0.4 is 0 Å². The number of rotatable bonds is 6. The van der Waals surface area contributed by atoms with Crippen LogP contribution in [-0.2, 0) is 0 Å². The molecule has 3 aromatic heterocycles. The Morgan fingerprint density at radius 1 is 0.281 bits per heavy atom. The van der Waals surface area contributed by atoms with E-state index in [1.54, 1.807) is 0 Å². The number of hydrogen-bond acceptors (Lipinski definition) is 2. The number of nitrogens with zero attached hydrogens (tertiary/aromatic N) is 4. The van der Waals surface area contributed by atoms with Crippen LogP contribution in [-0.4, -0.2) is 19.1 Å². The first kappa shape index (κ1) is 36.1. The number of aromatic nitrogens is 4. The molecular weight excluding hydrogens is 777 g/mol. The van der Waals surface area contributed by atoms with Gasteiger partial charge in [0.2, 0.25) is 0 Å². The molecule has 298 valence electrons. The van der Waals surface area contributed by atoms with Crippen molar-refractivity contribution in [2.45, 2.75) is 0 Å². The Balaban J connectivity index is 1.11. The monoisotopic (exact) mass is 814 g/mol. The van der Waals surface area contributed by atoms with Gasteiger partial charge in [0, 0.05) is 32.8 Å². The summed E-state index contributed by atoms with van der Waals surface area (Å²) in [6.07, 6.45) is 0. The average Bonchev–Trinajstić information content (AvgIpc) is 3.87. The lowest BCUT2D eigenvalue weighted by Gasteiger charge is -2.17. The summed E-state index contributed by atoms with van der Waals surface area (Å²) < 4.78 is 4.74. The van der Waals surface area contributed by atoms with E-state index in [0.717, 1.165) is 78.2 Å². The second kappa shape index (κ2) is 14.5. The molecule has 0 aliphatic heterocycles. The molecule has 0 aliphatic rings. The number of benzene rings is 10. The Bertz CT molecular complexity index is 3930. The van der Waals surface area contributed by atoms with Gasteiger partial charge in [0.25, 0.3) is 0 Å². The molecule has 0 amide bonds. The van der Waals surface area contributed by atoms with Crippen molar-refractivity contribution in [3.05, 3.63) is 231 Å². The zero-order valence-electron chi connectivity index (χ0n) is 34.7. The summed E-state index contributed by atoms with van der Waals surface area (Å²) in [7, 11) is 0. The van der Waals surface area contributed by atoms with E-state index in [1.165, 1.54) is 43.4 Å². The number of fused-ring (bicyclic) bond motifs is 8. The molecule has 4 heteroatoms. The van der Waals surface area contributed by atoms with E-state index in [4.69, 9.17) is 9.97 Å². The fourth-order valence-electron chi connectivity index (χ4n) is 9.87. The molecule has 64 heavy (non-hydrogen) atoms. The van der Waals surface area contributed by atoms with Crippen molar-refractivity contribution in [2.24, 2.45) is 0 Å². The summed E-state index contributed by atoms with van der Waals surface area (Å²) in [6.45, 7) is 0. The van der Waals surface area contributed by atoms with Crippen molar-refractivity contribution in [3.8, 4) is 56.1 Å². The van der Waals surface area contributed by atoms with Crippen molar-refractivity contribution in [3.63, 3.8) is 0 Å². The first-order valence-corrected chi connectivity index (χ1v) is 21.8. The summed E-state index contributed by atoms with van der Waals surface area (Å²) in [5.41, 5.74) is 15.9. The molecule has 10 aromatic carbocycles. The highest BCUT2D eigenvalue weighted by molar-refractivity contribution is 6.15. The zero-order chi connectivity index (χ0) is 42.1. The lowest BCUT2D eigenvalue weighted by atomic mass is 9.93. The lowest BCUT2D eigenvalue weighted by Crippen LogP contribution is -2.04. The van der Waals surface area contributed by atoms with Crippen LogP contribution in [0.15, 0.2) is 231 Å². The van der Waals surface area contributed by atoms with E-state index in [1.807, 2.05) is 0 Å². The smallest absolute Gasteiger partial charge is 0.165 e. The van der Waals surface area contributed by atoms with Crippen LogP contribution in [0.1, 0.15) is 0 Å². The van der Waals surface area contributed by atoms with E-state index in [9.17, 15) is 0 Å². The lowest BCUT2D eigenvalue weighted by molar-refractivity contribution is 1.08. The summed E-state index contributed by atoms with van der Waals surface area (Å²) in [4.78, 5) is 11.4. The minimum absolute atomic E-state index is 0.791. The van der Waals surface area contributed by atoms with Crippen LogP contribution in [0.2, 0.25) is 0 Å². The van der Waals surface area contributed by atoms with Crippen LogP contribution in [0.25, 0.3) is 122 Å². The molecule has 0 spiro atoms. The predicted molar refractivity (Wildman–Crippen MR) is 267 cm³/mol. The second-order valence-corrected chi connectivity index (χ2v) is 16.6. The van der Waals surface area contributed by atoms with Gasteiger partial charge in [0.05, 0.1) is 33.1 Å². The van der Waals surface area contributed by atoms with Crippen molar-refractivity contribution in [1.29, 1.82) is 0 Å². The Morgan fingerprint density at radius 2 is 0.781 bits per heavy atom. The maximum absolute atomic E-state index is 5.73. The molecule has 0 saturated carbocycles. The van der Waals surface area contributed by atoms with Crippen LogP contribution in [0.5, 0.6) is 0 Å². The SMILES string of the molecule is c1ccc(-c2ccc3c4cc5ccccc5cc4n(-c4nc5cc(-c6ccccc6)c(-c6ccc7c8ccccc8n(-c8ccccc8)c7c6)cc5nc4-c4ccccc4)c3c2)cc1. The zero-order valence-corrected chi connectivity index (χ0v) is 34.7. The summed E-state index contributed by atoms with van der Waals surface area (Å²) in [5, 5.41) is 7.18. The number of hydrogen-bond donors (Lipinski definition) is 0. The highest BCUT2D eigenvalue weighted by Crippen LogP contribution is 2.42. The van der Waals surface area contributed by atoms with E-state index >= 15 is 0 Å². The third-order valence-corrected chi connectivity index (χ3v) is 12.9.